The first kappa shape index (κ1) is 27.6. The molecule has 1 aliphatic heterocycles. The quantitative estimate of drug-likeness (QED) is 0.249. The smallest absolute Gasteiger partial charge is 0.329 e. The predicted molar refractivity (Wildman–Crippen MR) is 146 cm³/mol. The van der Waals surface area contributed by atoms with Crippen LogP contribution < -0.4 is 24.8 Å². The molecule has 11 heteroatoms. The van der Waals surface area contributed by atoms with Crippen LogP contribution in [0.2, 0.25) is 0 Å². The van der Waals surface area contributed by atoms with Gasteiger partial charge in [0.1, 0.15) is 30.4 Å². The fraction of sp³-hybridized carbons (Fsp3) is 0.179. The molecular formula is C28H25BrFN3O6. The predicted octanol–water partition coefficient (Wildman–Crippen LogP) is 5.11. The number of anilines is 1. The van der Waals surface area contributed by atoms with E-state index in [0.717, 1.165) is 4.90 Å². The number of urea groups is 1. The van der Waals surface area contributed by atoms with Crippen LogP contribution in [0.3, 0.4) is 0 Å². The van der Waals surface area contributed by atoms with Crippen molar-refractivity contribution in [1.82, 2.24) is 10.2 Å². The Balaban J connectivity index is 1.49. The Morgan fingerprint density at radius 2 is 1.82 bits per heavy atom. The monoisotopic (exact) mass is 597 g/mol. The van der Waals surface area contributed by atoms with Crippen LogP contribution in [0, 0.1) is 5.82 Å². The molecule has 1 fully saturated rings. The zero-order chi connectivity index (χ0) is 27.9. The summed E-state index contributed by atoms with van der Waals surface area (Å²) in [6, 6.07) is 15.5. The minimum Gasteiger partial charge on any atom is -0.495 e. The molecule has 3 aromatic rings. The van der Waals surface area contributed by atoms with Gasteiger partial charge < -0.3 is 24.8 Å². The molecule has 1 saturated heterocycles. The normalized spacial score (nSPS) is 13.8. The van der Waals surface area contributed by atoms with Gasteiger partial charge in [-0.15, -0.1) is 0 Å². The number of hydrogen-bond donors (Lipinski definition) is 2. The van der Waals surface area contributed by atoms with Crippen LogP contribution in [0.4, 0.5) is 14.9 Å². The number of carbonyl (C=O) groups excluding carboxylic acids is 3. The third-order valence-corrected chi connectivity index (χ3v) is 6.28. The third kappa shape index (κ3) is 6.74. The van der Waals surface area contributed by atoms with Crippen molar-refractivity contribution in [3.8, 4) is 17.2 Å². The van der Waals surface area contributed by atoms with Crippen LogP contribution in [-0.4, -0.2) is 43.0 Å². The second-order valence-corrected chi connectivity index (χ2v) is 9.15. The second-order valence-electron chi connectivity index (χ2n) is 8.30. The topological polar surface area (TPSA) is 106 Å². The lowest BCUT2D eigenvalue weighted by atomic mass is 10.1. The van der Waals surface area contributed by atoms with Crippen molar-refractivity contribution in [3.05, 3.63) is 87.8 Å². The van der Waals surface area contributed by atoms with Crippen LogP contribution in [0.15, 0.2) is 70.8 Å². The fourth-order valence-corrected chi connectivity index (χ4v) is 4.22. The summed E-state index contributed by atoms with van der Waals surface area (Å²) in [5.41, 5.74) is 1.58. The lowest BCUT2D eigenvalue weighted by molar-refractivity contribution is -0.127. The molecule has 39 heavy (non-hydrogen) atoms. The Bertz CT molecular complexity index is 1440. The number of imide groups is 1. The summed E-state index contributed by atoms with van der Waals surface area (Å²) in [5.74, 6) is -0.337. The Labute approximate surface area is 232 Å². The standard InChI is InChI=1S/C28H25BrFN3O6/c1-3-38-24-13-18(20(29)14-25(24)39-16-17-7-6-8-19(30)11-17)12-22-27(35)33(28(36)32-22)15-26(34)31-21-9-4-5-10-23(21)37-2/h4-14H,3,15-16H2,1-2H3,(H,31,34)(H,32,36)/b22-12+. The van der Waals surface area contributed by atoms with Crippen molar-refractivity contribution in [2.45, 2.75) is 13.5 Å². The van der Waals surface area contributed by atoms with Crippen LogP contribution in [0.1, 0.15) is 18.1 Å². The van der Waals surface area contributed by atoms with Crippen molar-refractivity contribution in [3.63, 3.8) is 0 Å². The largest absolute Gasteiger partial charge is 0.495 e. The highest BCUT2D eigenvalue weighted by atomic mass is 79.9. The number of halogens is 2. The fourth-order valence-electron chi connectivity index (χ4n) is 3.78. The van der Waals surface area contributed by atoms with Gasteiger partial charge in [0.05, 0.1) is 19.4 Å². The van der Waals surface area contributed by atoms with Crippen LogP contribution in [-0.2, 0) is 16.2 Å². The molecular weight excluding hydrogens is 573 g/mol. The second kappa shape index (κ2) is 12.4. The zero-order valence-electron chi connectivity index (χ0n) is 21.1. The maximum absolute atomic E-state index is 13.5. The number of carbonyl (C=O) groups is 3. The summed E-state index contributed by atoms with van der Waals surface area (Å²) in [5, 5.41) is 5.15. The van der Waals surface area contributed by atoms with E-state index in [1.54, 1.807) is 48.5 Å². The van der Waals surface area contributed by atoms with Crippen LogP contribution >= 0.6 is 15.9 Å². The Kier molecular flexibility index (Phi) is 8.82. The minimum absolute atomic E-state index is 0.0123. The maximum Gasteiger partial charge on any atom is 0.329 e. The van der Waals surface area contributed by atoms with Crippen molar-refractivity contribution in [1.29, 1.82) is 0 Å². The summed E-state index contributed by atoms with van der Waals surface area (Å²) in [7, 11) is 1.47. The van der Waals surface area contributed by atoms with Gasteiger partial charge in [-0.3, -0.25) is 9.59 Å². The first-order valence-corrected chi connectivity index (χ1v) is 12.7. The van der Waals surface area contributed by atoms with Gasteiger partial charge in [0.15, 0.2) is 11.5 Å². The molecule has 0 atom stereocenters. The molecule has 4 amide bonds. The number of methoxy groups -OCH3 is 1. The number of hydrogen-bond acceptors (Lipinski definition) is 6. The number of rotatable bonds is 10. The van der Waals surface area contributed by atoms with E-state index < -0.39 is 24.4 Å². The van der Waals surface area contributed by atoms with Crippen LogP contribution in [0.25, 0.3) is 6.08 Å². The highest BCUT2D eigenvalue weighted by molar-refractivity contribution is 9.10. The number of para-hydroxylation sites is 2. The molecule has 3 aromatic carbocycles. The van der Waals surface area contributed by atoms with E-state index in [9.17, 15) is 18.8 Å². The maximum atomic E-state index is 13.5. The number of amides is 4. The van der Waals surface area contributed by atoms with Crippen molar-refractivity contribution < 1.29 is 33.0 Å². The molecule has 0 bridgehead atoms. The zero-order valence-corrected chi connectivity index (χ0v) is 22.7. The van der Waals surface area contributed by atoms with Gasteiger partial charge in [0, 0.05) is 4.47 Å². The number of ether oxygens (including phenoxy) is 3. The number of benzene rings is 3. The Hall–Kier alpha value is -4.38. The number of nitrogens with one attached hydrogen (secondary N) is 2. The summed E-state index contributed by atoms with van der Waals surface area (Å²) in [6.45, 7) is 1.79. The van der Waals surface area contributed by atoms with E-state index in [1.807, 2.05) is 6.92 Å². The molecule has 0 aromatic heterocycles. The third-order valence-electron chi connectivity index (χ3n) is 5.59. The van der Waals surface area contributed by atoms with Gasteiger partial charge in [-0.1, -0.05) is 40.2 Å². The van der Waals surface area contributed by atoms with Gasteiger partial charge in [-0.2, -0.15) is 0 Å². The highest BCUT2D eigenvalue weighted by Gasteiger charge is 2.35. The average Bonchev–Trinajstić information content (AvgIpc) is 3.17. The van der Waals surface area contributed by atoms with Crippen molar-refractivity contribution in [2.75, 3.05) is 25.6 Å². The summed E-state index contributed by atoms with van der Waals surface area (Å²) >= 11 is 3.46. The Morgan fingerprint density at radius 1 is 1.05 bits per heavy atom. The van der Waals surface area contributed by atoms with Gasteiger partial charge in [-0.05, 0) is 60.5 Å². The van der Waals surface area contributed by atoms with Gasteiger partial charge >= 0.3 is 6.03 Å². The van der Waals surface area contributed by atoms with Gasteiger partial charge in [0.2, 0.25) is 5.91 Å². The summed E-state index contributed by atoms with van der Waals surface area (Å²) in [4.78, 5) is 38.9. The number of nitrogens with zero attached hydrogens (tertiary/aromatic N) is 1. The molecule has 0 unspecified atom stereocenters. The van der Waals surface area contributed by atoms with Gasteiger partial charge in [0.25, 0.3) is 5.91 Å². The van der Waals surface area contributed by atoms with Crippen molar-refractivity contribution in [2.24, 2.45) is 0 Å². The minimum atomic E-state index is -0.724. The SMILES string of the molecule is CCOc1cc(/C=C2/NC(=O)N(CC(=O)Nc3ccccc3OC)C2=O)c(Br)cc1OCc1cccc(F)c1. The molecule has 2 N–H and O–H groups in total. The molecule has 202 valence electrons. The first-order valence-electron chi connectivity index (χ1n) is 11.9. The van der Waals surface area contributed by atoms with Gasteiger partial charge in [-0.25, -0.2) is 14.1 Å². The Morgan fingerprint density at radius 3 is 2.56 bits per heavy atom. The molecule has 0 aliphatic carbocycles. The lowest BCUT2D eigenvalue weighted by Gasteiger charge is -2.14. The molecule has 9 nitrogen and oxygen atoms in total. The molecule has 4 rings (SSSR count). The van der Waals surface area contributed by atoms with Crippen LogP contribution in [0.5, 0.6) is 17.2 Å². The van der Waals surface area contributed by atoms with E-state index in [0.29, 0.717) is 45.1 Å². The highest BCUT2D eigenvalue weighted by Crippen LogP contribution is 2.36. The average molecular weight is 598 g/mol. The van der Waals surface area contributed by atoms with E-state index in [4.69, 9.17) is 14.2 Å². The van der Waals surface area contributed by atoms with Crippen molar-refractivity contribution >= 4 is 45.5 Å². The van der Waals surface area contributed by atoms with E-state index in [2.05, 4.69) is 26.6 Å². The summed E-state index contributed by atoms with van der Waals surface area (Å²) in [6.07, 6.45) is 1.47. The molecule has 0 radical (unpaired) electrons. The molecule has 1 heterocycles. The van der Waals surface area contributed by atoms with E-state index in [-0.39, 0.29) is 18.1 Å². The lowest BCUT2D eigenvalue weighted by Crippen LogP contribution is -2.38. The first-order chi connectivity index (χ1) is 18.8. The molecule has 0 spiro atoms. The van der Waals surface area contributed by atoms with E-state index in [1.165, 1.54) is 25.3 Å². The molecule has 1 aliphatic rings. The summed E-state index contributed by atoms with van der Waals surface area (Å²) < 4.78 is 30.8. The molecule has 0 saturated carbocycles. The van der Waals surface area contributed by atoms with E-state index >= 15 is 0 Å².